The molecule has 7 heteroatoms. The van der Waals surface area contributed by atoms with E-state index in [2.05, 4.69) is 147 Å². The molecule has 45 heavy (non-hydrogen) atoms. The fourth-order valence-corrected chi connectivity index (χ4v) is 12.1. The molecule has 0 saturated carbocycles. The zero-order chi connectivity index (χ0) is 31.4. The van der Waals surface area contributed by atoms with Crippen molar-refractivity contribution in [3.63, 3.8) is 0 Å². The third-order valence-electron chi connectivity index (χ3n) is 8.98. The number of thiophene rings is 1. The minimum Gasteiger partial charge on any atom is -0.491 e. The number of ether oxygens (including phenoxy) is 1. The third-order valence-corrected chi connectivity index (χ3v) is 15.0. The molecule has 1 aliphatic rings. The van der Waals surface area contributed by atoms with E-state index in [-0.39, 0.29) is 11.1 Å². The summed E-state index contributed by atoms with van der Waals surface area (Å²) in [5.41, 5.74) is 2.11. The highest BCUT2D eigenvalue weighted by Gasteiger charge is 2.51. The Balaban J connectivity index is 1.19. The molecule has 0 amide bonds. The Hall–Kier alpha value is -3.49. The van der Waals surface area contributed by atoms with Crippen LogP contribution in [0.5, 0.6) is 5.75 Å². The van der Waals surface area contributed by atoms with E-state index >= 15 is 0 Å². The van der Waals surface area contributed by atoms with Gasteiger partial charge in [-0.3, -0.25) is 0 Å². The number of benzene rings is 3. The van der Waals surface area contributed by atoms with Gasteiger partial charge in [0.2, 0.25) is 0 Å². The molecule has 1 aliphatic heterocycles. The molecule has 1 saturated heterocycles. The number of likely N-dealkylation sites (N-methyl/N-ethyl adjacent to an activating group) is 1. The van der Waals surface area contributed by atoms with Crippen LogP contribution in [0.1, 0.15) is 34.6 Å². The van der Waals surface area contributed by atoms with Crippen LogP contribution in [0.25, 0.3) is 21.3 Å². The SMILES string of the molecule is CCN1CCN(c2nc(-c3ccc(OCC(C)O[Si](c4ccccc4)(c4ccccc4)C(C)(C)C)cc3)cc3sccc23)CC1. The number of aromatic nitrogens is 1. The van der Waals surface area contributed by atoms with Crippen molar-refractivity contribution in [2.45, 2.75) is 45.8 Å². The van der Waals surface area contributed by atoms with Crippen molar-refractivity contribution >= 4 is 45.9 Å². The van der Waals surface area contributed by atoms with Gasteiger partial charge in [0.25, 0.3) is 8.32 Å². The number of rotatable bonds is 10. The zero-order valence-electron chi connectivity index (χ0n) is 27.2. The summed E-state index contributed by atoms with van der Waals surface area (Å²) in [6.07, 6.45) is -0.102. The average molecular weight is 636 g/mol. The third kappa shape index (κ3) is 6.58. The molecule has 0 bridgehead atoms. The standard InChI is InChI=1S/C38H45N3O2SSi/c1-6-40-22-24-41(25-23-40)37-34-21-26-44-36(34)27-35(39-37)30-17-19-31(20-18-30)42-28-29(2)43-45(38(3,4)5,32-13-9-7-10-14-32)33-15-11-8-12-16-33/h7-21,26-27,29H,6,22-25,28H2,1-5H3. The molecule has 5 aromatic rings. The van der Waals surface area contributed by atoms with Gasteiger partial charge < -0.3 is 19.0 Å². The maximum atomic E-state index is 7.20. The minimum absolute atomic E-state index is 0.0787. The van der Waals surface area contributed by atoms with Gasteiger partial charge in [0, 0.05) is 41.8 Å². The molecule has 3 aromatic carbocycles. The lowest BCUT2D eigenvalue weighted by Crippen LogP contribution is -2.67. The van der Waals surface area contributed by atoms with Gasteiger partial charge in [-0.2, -0.15) is 0 Å². The molecule has 6 rings (SSSR count). The molecular formula is C38H45N3O2SSi. The minimum atomic E-state index is -2.64. The van der Waals surface area contributed by atoms with Crippen LogP contribution in [-0.4, -0.2) is 63.6 Å². The van der Waals surface area contributed by atoms with Crippen LogP contribution in [0.2, 0.25) is 5.04 Å². The van der Waals surface area contributed by atoms with Gasteiger partial charge in [0.05, 0.1) is 11.8 Å². The first-order valence-electron chi connectivity index (χ1n) is 16.2. The number of fused-ring (bicyclic) bond motifs is 1. The van der Waals surface area contributed by atoms with Crippen LogP contribution in [-0.2, 0) is 4.43 Å². The van der Waals surface area contributed by atoms with Crippen molar-refractivity contribution < 1.29 is 9.16 Å². The van der Waals surface area contributed by atoms with Crippen molar-refractivity contribution in [2.24, 2.45) is 0 Å². The second-order valence-corrected chi connectivity index (χ2v) is 18.2. The molecule has 1 fully saturated rings. The molecule has 2 aromatic heterocycles. The maximum absolute atomic E-state index is 7.20. The monoisotopic (exact) mass is 635 g/mol. The average Bonchev–Trinajstić information content (AvgIpc) is 3.55. The quantitative estimate of drug-likeness (QED) is 0.149. The van der Waals surface area contributed by atoms with Crippen LogP contribution in [0, 0.1) is 0 Å². The Morgan fingerprint density at radius 1 is 0.844 bits per heavy atom. The highest BCUT2D eigenvalue weighted by Crippen LogP contribution is 2.38. The van der Waals surface area contributed by atoms with E-state index in [0.29, 0.717) is 6.61 Å². The normalized spacial score (nSPS) is 15.4. The van der Waals surface area contributed by atoms with Crippen LogP contribution in [0.15, 0.2) is 102 Å². The first-order valence-corrected chi connectivity index (χ1v) is 18.9. The van der Waals surface area contributed by atoms with E-state index in [4.69, 9.17) is 14.1 Å². The van der Waals surface area contributed by atoms with E-state index in [9.17, 15) is 0 Å². The second kappa shape index (κ2) is 13.5. The largest absolute Gasteiger partial charge is 0.491 e. The van der Waals surface area contributed by atoms with Gasteiger partial charge in [0.15, 0.2) is 0 Å². The molecule has 0 N–H and O–H groups in total. The highest BCUT2D eigenvalue weighted by atomic mass is 32.1. The van der Waals surface area contributed by atoms with Crippen molar-refractivity contribution in [1.82, 2.24) is 9.88 Å². The summed E-state index contributed by atoms with van der Waals surface area (Å²) in [5.74, 6) is 1.94. The molecule has 5 nitrogen and oxygen atoms in total. The van der Waals surface area contributed by atoms with Crippen LogP contribution < -0.4 is 20.0 Å². The highest BCUT2D eigenvalue weighted by molar-refractivity contribution is 7.17. The van der Waals surface area contributed by atoms with Crippen LogP contribution in [0.3, 0.4) is 0 Å². The molecule has 1 unspecified atom stereocenters. The first-order chi connectivity index (χ1) is 21.8. The summed E-state index contributed by atoms with van der Waals surface area (Å²) >= 11 is 1.78. The van der Waals surface area contributed by atoms with E-state index < -0.39 is 8.32 Å². The zero-order valence-corrected chi connectivity index (χ0v) is 29.0. The summed E-state index contributed by atoms with van der Waals surface area (Å²) in [6.45, 7) is 17.1. The Morgan fingerprint density at radius 3 is 2.04 bits per heavy atom. The van der Waals surface area contributed by atoms with Crippen molar-refractivity contribution in [3.8, 4) is 17.0 Å². The molecule has 3 heterocycles. The summed E-state index contributed by atoms with van der Waals surface area (Å²) in [7, 11) is -2.64. The lowest BCUT2D eigenvalue weighted by molar-refractivity contribution is 0.134. The lowest BCUT2D eigenvalue weighted by atomic mass is 10.1. The van der Waals surface area contributed by atoms with E-state index in [1.54, 1.807) is 11.3 Å². The predicted molar refractivity (Wildman–Crippen MR) is 193 cm³/mol. The molecule has 0 aliphatic carbocycles. The Labute approximate surface area is 273 Å². The second-order valence-electron chi connectivity index (χ2n) is 13.0. The van der Waals surface area contributed by atoms with E-state index in [0.717, 1.165) is 55.5 Å². The fourth-order valence-electron chi connectivity index (χ4n) is 6.58. The summed E-state index contributed by atoms with van der Waals surface area (Å²) < 4.78 is 14.8. The number of pyridine rings is 1. The fraction of sp³-hybridized carbons (Fsp3) is 0.342. The van der Waals surface area contributed by atoms with Crippen LogP contribution >= 0.6 is 11.3 Å². The molecular weight excluding hydrogens is 591 g/mol. The Morgan fingerprint density at radius 2 is 1.47 bits per heavy atom. The smallest absolute Gasteiger partial charge is 0.261 e. The molecule has 234 valence electrons. The number of anilines is 1. The molecule has 0 spiro atoms. The van der Waals surface area contributed by atoms with Crippen molar-refractivity contribution in [2.75, 3.05) is 44.2 Å². The summed E-state index contributed by atoms with van der Waals surface area (Å²) in [5, 5.41) is 5.91. The molecule has 1 atom stereocenters. The van der Waals surface area contributed by atoms with Gasteiger partial charge in [-0.15, -0.1) is 11.3 Å². The van der Waals surface area contributed by atoms with Crippen LogP contribution in [0.4, 0.5) is 5.82 Å². The Bertz CT molecular complexity index is 1640. The Kier molecular flexibility index (Phi) is 9.43. The van der Waals surface area contributed by atoms with E-state index in [1.807, 2.05) is 0 Å². The number of hydrogen-bond donors (Lipinski definition) is 0. The van der Waals surface area contributed by atoms with Gasteiger partial charge in [-0.1, -0.05) is 88.4 Å². The van der Waals surface area contributed by atoms with Crippen molar-refractivity contribution in [1.29, 1.82) is 0 Å². The first kappa shape index (κ1) is 31.5. The number of nitrogens with zero attached hydrogens (tertiary/aromatic N) is 3. The topological polar surface area (TPSA) is 37.8 Å². The number of piperazine rings is 1. The van der Waals surface area contributed by atoms with Crippen molar-refractivity contribution in [3.05, 3.63) is 102 Å². The predicted octanol–water partition coefficient (Wildman–Crippen LogP) is 7.45. The van der Waals surface area contributed by atoms with E-state index in [1.165, 1.54) is 20.5 Å². The lowest BCUT2D eigenvalue weighted by Gasteiger charge is -2.44. The maximum Gasteiger partial charge on any atom is 0.261 e. The van der Waals surface area contributed by atoms with Gasteiger partial charge in [0.1, 0.15) is 18.2 Å². The van der Waals surface area contributed by atoms with Gasteiger partial charge in [-0.25, -0.2) is 4.98 Å². The molecule has 0 radical (unpaired) electrons. The summed E-state index contributed by atoms with van der Waals surface area (Å²) in [4.78, 5) is 10.2. The summed E-state index contributed by atoms with van der Waals surface area (Å²) in [6, 6.07) is 34.4. The van der Waals surface area contributed by atoms with Gasteiger partial charge >= 0.3 is 0 Å². The van der Waals surface area contributed by atoms with Gasteiger partial charge in [-0.05, 0) is 70.7 Å². The number of hydrogen-bond acceptors (Lipinski definition) is 6.